The van der Waals surface area contributed by atoms with Crippen LogP contribution in [0.5, 0.6) is 0 Å². The smallest absolute Gasteiger partial charge is 0.0455 e. The zero-order chi connectivity index (χ0) is 12.6. The molecule has 88 valence electrons. The molecule has 0 heterocycles. The van der Waals surface area contributed by atoms with E-state index in [0.717, 1.165) is 11.3 Å². The summed E-state index contributed by atoms with van der Waals surface area (Å²) in [5.74, 6) is 5.86. The Bertz CT molecular complexity index is 579. The number of allylic oxidation sites excluding steroid dienone is 1. The first-order valence-electron chi connectivity index (χ1n) is 5.59. The van der Waals surface area contributed by atoms with E-state index in [1.165, 1.54) is 4.90 Å². The normalized spacial score (nSPS) is 9.11. The van der Waals surface area contributed by atoms with Crippen LogP contribution in [0.15, 0.2) is 72.1 Å². The standard InChI is InChI=1S/C16H13NS/c1-2-3-8-14-9-7-10-15(13-14)17-18-16-11-5-4-6-12-16/h2,4-7,9-13,17H,1H2. The van der Waals surface area contributed by atoms with E-state index >= 15 is 0 Å². The third-order valence-corrected chi connectivity index (χ3v) is 3.06. The Labute approximate surface area is 112 Å². The van der Waals surface area contributed by atoms with Crippen LogP contribution in [0.2, 0.25) is 0 Å². The summed E-state index contributed by atoms with van der Waals surface area (Å²) in [4.78, 5) is 1.18. The van der Waals surface area contributed by atoms with Crippen molar-refractivity contribution in [2.45, 2.75) is 4.90 Å². The molecule has 18 heavy (non-hydrogen) atoms. The zero-order valence-corrected chi connectivity index (χ0v) is 10.7. The van der Waals surface area contributed by atoms with E-state index in [2.05, 4.69) is 35.3 Å². The van der Waals surface area contributed by atoms with Crippen LogP contribution in [0.3, 0.4) is 0 Å². The molecule has 0 saturated heterocycles. The number of rotatable bonds is 3. The fraction of sp³-hybridized carbons (Fsp3) is 0. The highest BCUT2D eigenvalue weighted by Crippen LogP contribution is 2.21. The molecule has 0 aliphatic carbocycles. The number of hydrogen-bond donors (Lipinski definition) is 1. The van der Waals surface area contributed by atoms with Gasteiger partial charge in [-0.25, -0.2) is 0 Å². The summed E-state index contributed by atoms with van der Waals surface area (Å²) in [6.07, 6.45) is 1.60. The van der Waals surface area contributed by atoms with Gasteiger partial charge in [-0.3, -0.25) is 0 Å². The molecule has 2 rings (SSSR count). The SMILES string of the molecule is C=CC#Cc1cccc(NSc2ccccc2)c1. The van der Waals surface area contributed by atoms with Gasteiger partial charge in [-0.2, -0.15) is 0 Å². The first kappa shape index (κ1) is 12.3. The first-order chi connectivity index (χ1) is 8.88. The van der Waals surface area contributed by atoms with Crippen molar-refractivity contribution in [2.24, 2.45) is 0 Å². The van der Waals surface area contributed by atoms with E-state index < -0.39 is 0 Å². The Balaban J connectivity index is 2.03. The Morgan fingerprint density at radius 2 is 1.89 bits per heavy atom. The van der Waals surface area contributed by atoms with Gasteiger partial charge in [0.2, 0.25) is 0 Å². The molecule has 2 aromatic rings. The quantitative estimate of drug-likeness (QED) is 0.643. The van der Waals surface area contributed by atoms with Crippen molar-refractivity contribution in [3.05, 3.63) is 72.8 Å². The molecule has 0 bridgehead atoms. The van der Waals surface area contributed by atoms with Crippen LogP contribution in [-0.2, 0) is 0 Å². The number of benzene rings is 2. The Hall–Kier alpha value is -2.11. The van der Waals surface area contributed by atoms with Crippen LogP contribution in [0, 0.1) is 11.8 Å². The lowest BCUT2D eigenvalue weighted by Gasteiger charge is -2.05. The van der Waals surface area contributed by atoms with Crippen molar-refractivity contribution in [2.75, 3.05) is 4.72 Å². The van der Waals surface area contributed by atoms with E-state index in [9.17, 15) is 0 Å². The lowest BCUT2D eigenvalue weighted by atomic mass is 10.2. The highest BCUT2D eigenvalue weighted by Gasteiger charge is 1.95. The third kappa shape index (κ3) is 3.73. The lowest BCUT2D eigenvalue weighted by molar-refractivity contribution is 1.46. The minimum absolute atomic E-state index is 0.980. The molecule has 2 heteroatoms. The van der Waals surface area contributed by atoms with Crippen LogP contribution in [0.25, 0.3) is 0 Å². The van der Waals surface area contributed by atoms with E-state index in [0.29, 0.717) is 0 Å². The highest BCUT2D eigenvalue weighted by molar-refractivity contribution is 8.00. The molecule has 1 nitrogen and oxygen atoms in total. The van der Waals surface area contributed by atoms with Gasteiger partial charge in [0.25, 0.3) is 0 Å². The van der Waals surface area contributed by atoms with Crippen LogP contribution in [0.4, 0.5) is 5.69 Å². The number of hydrogen-bond acceptors (Lipinski definition) is 2. The summed E-state index contributed by atoms with van der Waals surface area (Å²) in [5.41, 5.74) is 2.02. The van der Waals surface area contributed by atoms with Crippen LogP contribution in [-0.4, -0.2) is 0 Å². The molecule has 0 aliphatic rings. The van der Waals surface area contributed by atoms with Gasteiger partial charge in [-0.1, -0.05) is 42.7 Å². The Morgan fingerprint density at radius 1 is 1.06 bits per heavy atom. The maximum absolute atomic E-state index is 3.58. The van der Waals surface area contributed by atoms with Crippen molar-refractivity contribution >= 4 is 17.6 Å². The summed E-state index contributed by atoms with van der Waals surface area (Å²) < 4.78 is 3.30. The maximum atomic E-state index is 3.58. The molecule has 0 spiro atoms. The second kappa shape index (κ2) is 6.58. The molecule has 0 fully saturated rings. The number of nitrogens with one attached hydrogen (secondary N) is 1. The summed E-state index contributed by atoms with van der Waals surface area (Å²) in [5, 5.41) is 0. The molecule has 0 saturated carbocycles. The van der Waals surface area contributed by atoms with Gasteiger partial charge in [-0.05, 0) is 48.4 Å². The second-order valence-corrected chi connectivity index (χ2v) is 4.45. The summed E-state index contributed by atoms with van der Waals surface area (Å²) >= 11 is 1.59. The molecule has 0 atom stereocenters. The van der Waals surface area contributed by atoms with Crippen molar-refractivity contribution < 1.29 is 0 Å². The van der Waals surface area contributed by atoms with E-state index in [1.54, 1.807) is 18.0 Å². The van der Waals surface area contributed by atoms with Crippen molar-refractivity contribution in [1.29, 1.82) is 0 Å². The summed E-state index contributed by atoms with van der Waals surface area (Å²) in [6, 6.07) is 18.2. The van der Waals surface area contributed by atoms with E-state index in [1.807, 2.05) is 42.5 Å². The largest absolute Gasteiger partial charge is 0.326 e. The van der Waals surface area contributed by atoms with Crippen molar-refractivity contribution in [1.82, 2.24) is 0 Å². The van der Waals surface area contributed by atoms with Crippen molar-refractivity contribution in [3.63, 3.8) is 0 Å². The molecular weight excluding hydrogens is 238 g/mol. The zero-order valence-electron chi connectivity index (χ0n) is 9.89. The highest BCUT2D eigenvalue weighted by atomic mass is 32.2. The van der Waals surface area contributed by atoms with Crippen LogP contribution >= 0.6 is 11.9 Å². The molecule has 0 unspecified atom stereocenters. The molecule has 0 aromatic heterocycles. The van der Waals surface area contributed by atoms with Gasteiger partial charge in [-0.15, -0.1) is 0 Å². The fourth-order valence-corrected chi connectivity index (χ4v) is 2.06. The summed E-state index contributed by atoms with van der Waals surface area (Å²) in [7, 11) is 0. The minimum Gasteiger partial charge on any atom is -0.326 e. The Kier molecular flexibility index (Phi) is 4.52. The first-order valence-corrected chi connectivity index (χ1v) is 6.40. The fourth-order valence-electron chi connectivity index (χ4n) is 1.40. The molecule has 2 aromatic carbocycles. The lowest BCUT2D eigenvalue weighted by Crippen LogP contribution is -1.87. The minimum atomic E-state index is 0.980. The predicted molar refractivity (Wildman–Crippen MR) is 79.4 cm³/mol. The molecular formula is C16H13NS. The Morgan fingerprint density at radius 3 is 2.67 bits per heavy atom. The topological polar surface area (TPSA) is 12.0 Å². The average molecular weight is 251 g/mol. The van der Waals surface area contributed by atoms with Crippen LogP contribution < -0.4 is 4.72 Å². The van der Waals surface area contributed by atoms with Gasteiger partial charge in [0.15, 0.2) is 0 Å². The third-order valence-electron chi connectivity index (χ3n) is 2.21. The summed E-state index contributed by atoms with van der Waals surface area (Å²) in [6.45, 7) is 3.58. The molecule has 0 aliphatic heterocycles. The van der Waals surface area contributed by atoms with E-state index in [4.69, 9.17) is 0 Å². The number of anilines is 1. The predicted octanol–water partition coefficient (Wildman–Crippen LogP) is 4.34. The van der Waals surface area contributed by atoms with Gasteiger partial charge in [0.1, 0.15) is 0 Å². The van der Waals surface area contributed by atoms with E-state index in [-0.39, 0.29) is 0 Å². The molecule has 0 radical (unpaired) electrons. The van der Waals surface area contributed by atoms with Crippen molar-refractivity contribution in [3.8, 4) is 11.8 Å². The maximum Gasteiger partial charge on any atom is 0.0455 e. The van der Waals surface area contributed by atoms with Gasteiger partial charge < -0.3 is 4.72 Å². The molecule has 0 amide bonds. The van der Waals surface area contributed by atoms with Crippen LogP contribution in [0.1, 0.15) is 5.56 Å². The van der Waals surface area contributed by atoms with Gasteiger partial charge in [0.05, 0.1) is 0 Å². The second-order valence-electron chi connectivity index (χ2n) is 3.57. The molecule has 1 N–H and O–H groups in total. The average Bonchev–Trinajstić information content (AvgIpc) is 2.44. The van der Waals surface area contributed by atoms with Gasteiger partial charge >= 0.3 is 0 Å². The monoisotopic (exact) mass is 251 g/mol. The van der Waals surface area contributed by atoms with Gasteiger partial charge in [0, 0.05) is 16.1 Å².